The molecule has 0 unspecified atom stereocenters. The molecule has 0 atom stereocenters. The summed E-state index contributed by atoms with van der Waals surface area (Å²) in [5, 5.41) is 13.9. The van der Waals surface area contributed by atoms with Crippen LogP contribution >= 0.6 is 11.8 Å². The topological polar surface area (TPSA) is 69.6 Å². The van der Waals surface area contributed by atoms with Crippen molar-refractivity contribution in [3.05, 3.63) is 95.9 Å². The quantitative estimate of drug-likeness (QED) is 0.307. The second-order valence-corrected chi connectivity index (χ2v) is 8.46. The molecule has 0 N–H and O–H groups in total. The van der Waals surface area contributed by atoms with E-state index in [0.717, 1.165) is 27.8 Å². The zero-order valence-electron chi connectivity index (χ0n) is 17.8. The van der Waals surface area contributed by atoms with Crippen molar-refractivity contribution in [1.82, 2.24) is 24.9 Å². The molecule has 2 heterocycles. The fourth-order valence-electron chi connectivity index (χ4n) is 3.40. The first-order valence-electron chi connectivity index (χ1n) is 10.3. The van der Waals surface area contributed by atoms with Crippen LogP contribution in [0.25, 0.3) is 28.5 Å². The first-order valence-corrected chi connectivity index (χ1v) is 11.3. The van der Waals surface area contributed by atoms with Gasteiger partial charge in [0.25, 0.3) is 0 Å². The fourth-order valence-corrected chi connectivity index (χ4v) is 4.19. The summed E-state index contributed by atoms with van der Waals surface area (Å²) < 4.78 is 7.56. The smallest absolute Gasteiger partial charge is 0.237 e. The maximum Gasteiger partial charge on any atom is 0.237 e. The Morgan fingerprint density at radius 1 is 0.812 bits per heavy atom. The molecule has 3 aromatic carbocycles. The molecule has 7 heteroatoms. The molecule has 0 aliphatic rings. The number of hydrogen-bond acceptors (Lipinski definition) is 6. The zero-order valence-corrected chi connectivity index (χ0v) is 18.6. The summed E-state index contributed by atoms with van der Waals surface area (Å²) in [6, 6.07) is 26.5. The first-order chi connectivity index (χ1) is 15.7. The summed E-state index contributed by atoms with van der Waals surface area (Å²) in [7, 11) is 0. The van der Waals surface area contributed by atoms with E-state index in [1.54, 1.807) is 0 Å². The highest BCUT2D eigenvalue weighted by Gasteiger charge is 2.18. The highest BCUT2D eigenvalue weighted by molar-refractivity contribution is 7.98. The molecule has 0 saturated carbocycles. The summed E-state index contributed by atoms with van der Waals surface area (Å²) in [4.78, 5) is 4.55. The number of benzene rings is 3. The van der Waals surface area contributed by atoms with E-state index in [0.29, 0.717) is 17.5 Å². The summed E-state index contributed by atoms with van der Waals surface area (Å²) in [6.45, 7) is 4.13. The van der Waals surface area contributed by atoms with E-state index in [1.807, 2.05) is 60.7 Å². The van der Waals surface area contributed by atoms with E-state index in [-0.39, 0.29) is 0 Å². The predicted octanol–water partition coefficient (Wildman–Crippen LogP) is 5.89. The Labute approximate surface area is 190 Å². The predicted molar refractivity (Wildman–Crippen MR) is 126 cm³/mol. The van der Waals surface area contributed by atoms with Gasteiger partial charge in [0.2, 0.25) is 11.7 Å². The van der Waals surface area contributed by atoms with Crippen molar-refractivity contribution >= 4 is 11.8 Å². The third-order valence-electron chi connectivity index (χ3n) is 5.03. The molecule has 32 heavy (non-hydrogen) atoms. The van der Waals surface area contributed by atoms with Gasteiger partial charge in [-0.15, -0.1) is 10.2 Å². The first kappa shape index (κ1) is 20.2. The Balaban J connectivity index is 1.44. The molecule has 0 aliphatic carbocycles. The van der Waals surface area contributed by atoms with Crippen LogP contribution in [0.4, 0.5) is 0 Å². The molecular weight excluding hydrogens is 418 g/mol. The van der Waals surface area contributed by atoms with Gasteiger partial charge in [0.05, 0.1) is 5.75 Å². The zero-order chi connectivity index (χ0) is 21.9. The molecule has 0 aliphatic heterocycles. The molecule has 0 amide bonds. The highest BCUT2D eigenvalue weighted by atomic mass is 32.2. The maximum atomic E-state index is 5.49. The van der Waals surface area contributed by atoms with Crippen LogP contribution < -0.4 is 0 Å². The normalized spacial score (nSPS) is 11.1. The van der Waals surface area contributed by atoms with Crippen LogP contribution in [-0.4, -0.2) is 24.9 Å². The monoisotopic (exact) mass is 439 g/mol. The molecule has 0 bridgehead atoms. The molecule has 0 fully saturated rings. The molecule has 158 valence electrons. The van der Waals surface area contributed by atoms with E-state index < -0.39 is 0 Å². The molecule has 0 saturated heterocycles. The molecule has 0 radical (unpaired) electrons. The lowest BCUT2D eigenvalue weighted by Crippen LogP contribution is -2.00. The summed E-state index contributed by atoms with van der Waals surface area (Å²) in [6.07, 6.45) is 0. The van der Waals surface area contributed by atoms with Crippen molar-refractivity contribution < 1.29 is 4.52 Å². The summed E-state index contributed by atoms with van der Waals surface area (Å²) in [5.41, 5.74) is 5.32. The highest BCUT2D eigenvalue weighted by Crippen LogP contribution is 2.30. The van der Waals surface area contributed by atoms with Crippen molar-refractivity contribution in [3.8, 4) is 28.5 Å². The van der Waals surface area contributed by atoms with Gasteiger partial charge in [-0.2, -0.15) is 4.98 Å². The Kier molecular flexibility index (Phi) is 5.56. The van der Waals surface area contributed by atoms with Crippen molar-refractivity contribution in [2.45, 2.75) is 24.8 Å². The molecular formula is C25H21N5OS. The number of hydrogen-bond donors (Lipinski definition) is 0. The van der Waals surface area contributed by atoms with Gasteiger partial charge in [-0.25, -0.2) is 0 Å². The van der Waals surface area contributed by atoms with Crippen LogP contribution in [0, 0.1) is 13.8 Å². The third kappa shape index (κ3) is 4.20. The average Bonchev–Trinajstić information content (AvgIpc) is 3.46. The molecule has 0 spiro atoms. The summed E-state index contributed by atoms with van der Waals surface area (Å²) in [5.74, 6) is 2.43. The van der Waals surface area contributed by atoms with Gasteiger partial charge in [0.15, 0.2) is 11.0 Å². The van der Waals surface area contributed by atoms with Gasteiger partial charge in [-0.1, -0.05) is 89.2 Å². The minimum Gasteiger partial charge on any atom is -0.338 e. The average molecular weight is 440 g/mol. The van der Waals surface area contributed by atoms with Gasteiger partial charge in [-0.3, -0.25) is 4.57 Å². The summed E-state index contributed by atoms with van der Waals surface area (Å²) >= 11 is 1.52. The Morgan fingerprint density at radius 2 is 1.62 bits per heavy atom. The van der Waals surface area contributed by atoms with Crippen molar-refractivity contribution in [1.29, 1.82) is 0 Å². The minimum absolute atomic E-state index is 0.498. The standard InChI is InChI=1S/C25H21N5OS/c1-17-11-13-19(14-12-17)23-26-22(31-29-23)16-32-25-28-27-24(20-8-4-3-5-9-20)30(25)21-10-6-7-18(2)15-21/h3-15H,16H2,1-2H3. The van der Waals surface area contributed by atoms with Gasteiger partial charge in [-0.05, 0) is 31.5 Å². The van der Waals surface area contributed by atoms with Crippen LogP contribution in [0.5, 0.6) is 0 Å². The van der Waals surface area contributed by atoms with Crippen LogP contribution in [0.15, 0.2) is 88.5 Å². The number of rotatable bonds is 6. The molecule has 5 rings (SSSR count). The fraction of sp³-hybridized carbons (Fsp3) is 0.120. The largest absolute Gasteiger partial charge is 0.338 e. The lowest BCUT2D eigenvalue weighted by Gasteiger charge is -2.10. The SMILES string of the molecule is Cc1ccc(-c2noc(CSc3nnc(-c4ccccc4)n3-c3cccc(C)c3)n2)cc1. The van der Waals surface area contributed by atoms with Gasteiger partial charge >= 0.3 is 0 Å². The number of aromatic nitrogens is 5. The Bertz CT molecular complexity index is 1340. The van der Waals surface area contributed by atoms with E-state index >= 15 is 0 Å². The molecule has 6 nitrogen and oxygen atoms in total. The van der Waals surface area contributed by atoms with Crippen molar-refractivity contribution in [3.63, 3.8) is 0 Å². The van der Waals surface area contributed by atoms with Gasteiger partial charge in [0, 0.05) is 16.8 Å². The van der Waals surface area contributed by atoms with Crippen molar-refractivity contribution in [2.75, 3.05) is 0 Å². The number of nitrogens with zero attached hydrogens (tertiary/aromatic N) is 5. The van der Waals surface area contributed by atoms with Crippen LogP contribution in [0.3, 0.4) is 0 Å². The van der Waals surface area contributed by atoms with Crippen LogP contribution in [0.2, 0.25) is 0 Å². The lowest BCUT2D eigenvalue weighted by molar-refractivity contribution is 0.391. The van der Waals surface area contributed by atoms with E-state index in [4.69, 9.17) is 4.52 Å². The molecule has 2 aromatic heterocycles. The van der Waals surface area contributed by atoms with E-state index in [2.05, 4.69) is 57.0 Å². The van der Waals surface area contributed by atoms with Crippen LogP contribution in [-0.2, 0) is 5.75 Å². The third-order valence-corrected chi connectivity index (χ3v) is 5.94. The molecule has 5 aromatic rings. The van der Waals surface area contributed by atoms with Gasteiger partial charge in [0.1, 0.15) is 0 Å². The lowest BCUT2D eigenvalue weighted by atomic mass is 10.1. The number of thioether (sulfide) groups is 1. The Hall–Kier alpha value is -3.71. The Morgan fingerprint density at radius 3 is 2.41 bits per heavy atom. The minimum atomic E-state index is 0.498. The van der Waals surface area contributed by atoms with Crippen molar-refractivity contribution in [2.24, 2.45) is 0 Å². The second kappa shape index (κ2) is 8.80. The van der Waals surface area contributed by atoms with Crippen LogP contribution in [0.1, 0.15) is 17.0 Å². The van der Waals surface area contributed by atoms with E-state index in [9.17, 15) is 0 Å². The number of aryl methyl sites for hydroxylation is 2. The van der Waals surface area contributed by atoms with E-state index in [1.165, 1.54) is 22.9 Å². The van der Waals surface area contributed by atoms with Gasteiger partial charge < -0.3 is 4.52 Å². The second-order valence-electron chi connectivity index (χ2n) is 7.51. The maximum absolute atomic E-state index is 5.49.